The molecule has 1 atom stereocenters. The first-order valence-corrected chi connectivity index (χ1v) is 31.1. The molecule has 0 aromatic carbocycles. The number of ether oxygens (including phenoxy) is 3. The number of unbranched alkanes of at least 4 members (excludes halogenated alkanes) is 38. The van der Waals surface area contributed by atoms with E-state index >= 15 is 0 Å². The molecule has 0 rings (SSSR count). The van der Waals surface area contributed by atoms with Crippen LogP contribution in [0.5, 0.6) is 0 Å². The molecule has 0 aliphatic rings. The monoisotopic (exact) mass is 995 g/mol. The first kappa shape index (κ1) is 68.4. The Labute approximate surface area is 441 Å². The van der Waals surface area contributed by atoms with Gasteiger partial charge >= 0.3 is 17.9 Å². The van der Waals surface area contributed by atoms with E-state index in [1.165, 1.54) is 193 Å². The van der Waals surface area contributed by atoms with E-state index in [0.29, 0.717) is 19.3 Å². The van der Waals surface area contributed by atoms with Crippen LogP contribution >= 0.6 is 0 Å². The third-order valence-corrected chi connectivity index (χ3v) is 13.8. The van der Waals surface area contributed by atoms with Crippen molar-refractivity contribution in [1.29, 1.82) is 0 Å². The Morgan fingerprint density at radius 2 is 0.549 bits per heavy atom. The summed E-state index contributed by atoms with van der Waals surface area (Å²) in [6.07, 6.45) is 74.2. The van der Waals surface area contributed by atoms with Gasteiger partial charge in [-0.05, 0) is 89.9 Å². The van der Waals surface area contributed by atoms with Gasteiger partial charge in [-0.15, -0.1) is 0 Å². The summed E-state index contributed by atoms with van der Waals surface area (Å²) < 4.78 is 16.8. The van der Waals surface area contributed by atoms with E-state index in [1.807, 2.05) is 0 Å². The van der Waals surface area contributed by atoms with Crippen molar-refractivity contribution in [2.45, 2.75) is 335 Å². The Balaban J connectivity index is 4.11. The van der Waals surface area contributed by atoms with Gasteiger partial charge in [0, 0.05) is 19.3 Å². The fourth-order valence-electron chi connectivity index (χ4n) is 9.05. The third-order valence-electron chi connectivity index (χ3n) is 13.8. The van der Waals surface area contributed by atoms with E-state index in [9.17, 15) is 14.4 Å². The van der Waals surface area contributed by atoms with Crippen LogP contribution in [0.2, 0.25) is 0 Å². The average Bonchev–Trinajstić information content (AvgIpc) is 3.37. The van der Waals surface area contributed by atoms with Gasteiger partial charge < -0.3 is 14.2 Å². The minimum atomic E-state index is -0.781. The summed E-state index contributed by atoms with van der Waals surface area (Å²) in [5.74, 6) is -0.890. The second kappa shape index (κ2) is 59.9. The van der Waals surface area contributed by atoms with Crippen molar-refractivity contribution in [1.82, 2.24) is 0 Å². The smallest absolute Gasteiger partial charge is 0.306 e. The van der Waals surface area contributed by atoms with Gasteiger partial charge in [0.2, 0.25) is 0 Å². The number of carbonyl (C=O) groups is 3. The number of rotatable bonds is 57. The molecule has 6 heteroatoms. The summed E-state index contributed by atoms with van der Waals surface area (Å²) in [5.41, 5.74) is 0. The summed E-state index contributed by atoms with van der Waals surface area (Å²) >= 11 is 0. The summed E-state index contributed by atoms with van der Waals surface area (Å²) in [4.78, 5) is 38.1. The fraction of sp³-hybridized carbons (Fsp3) is 0.831. The molecule has 0 saturated heterocycles. The van der Waals surface area contributed by atoms with Crippen LogP contribution in [0.15, 0.2) is 48.6 Å². The molecule has 0 radical (unpaired) electrons. The quantitative estimate of drug-likeness (QED) is 0.0261. The van der Waals surface area contributed by atoms with Crippen LogP contribution in [-0.2, 0) is 28.6 Å². The van der Waals surface area contributed by atoms with Gasteiger partial charge in [-0.25, -0.2) is 0 Å². The molecule has 0 N–H and O–H groups in total. The van der Waals surface area contributed by atoms with E-state index in [4.69, 9.17) is 14.2 Å². The summed E-state index contributed by atoms with van der Waals surface area (Å²) in [6, 6.07) is 0. The van der Waals surface area contributed by atoms with Crippen molar-refractivity contribution in [2.75, 3.05) is 13.2 Å². The molecule has 414 valence electrons. The van der Waals surface area contributed by atoms with Crippen LogP contribution in [0.25, 0.3) is 0 Å². The minimum absolute atomic E-state index is 0.0790. The third kappa shape index (κ3) is 58.1. The van der Waals surface area contributed by atoms with Crippen LogP contribution < -0.4 is 0 Å². The highest BCUT2D eigenvalue weighted by Gasteiger charge is 2.19. The number of esters is 3. The standard InChI is InChI=1S/C65H118O6/c1-4-7-10-13-16-19-22-24-25-26-27-28-29-30-31-32-33-34-35-36-37-38-39-41-43-46-49-52-55-58-64(67)70-61-62(60-69-63(66)57-54-51-48-45-42-21-18-15-12-9-6-3)71-65(68)59-56-53-50-47-44-40-23-20-17-14-11-8-5-2/h11,14-15,18,20,23,26-27,62H,4-10,12-13,16-17,19,21-22,24-25,28-61H2,1-3H3/b14-11-,18-15-,23-20-,27-26-. The zero-order valence-electron chi connectivity index (χ0n) is 47.5. The molecule has 0 heterocycles. The van der Waals surface area contributed by atoms with Gasteiger partial charge in [-0.2, -0.15) is 0 Å². The molecule has 0 amide bonds. The maximum atomic E-state index is 12.8. The second-order valence-electron chi connectivity index (χ2n) is 21.0. The Bertz CT molecular complexity index is 1230. The first-order valence-electron chi connectivity index (χ1n) is 31.1. The normalized spacial score (nSPS) is 12.3. The van der Waals surface area contributed by atoms with Gasteiger partial charge in [0.05, 0.1) is 0 Å². The fourth-order valence-corrected chi connectivity index (χ4v) is 9.05. The Morgan fingerprint density at radius 3 is 0.887 bits per heavy atom. The second-order valence-corrected chi connectivity index (χ2v) is 21.0. The van der Waals surface area contributed by atoms with Gasteiger partial charge in [0.15, 0.2) is 6.10 Å². The zero-order valence-corrected chi connectivity index (χ0v) is 47.5. The largest absolute Gasteiger partial charge is 0.462 e. The van der Waals surface area contributed by atoms with Crippen LogP contribution in [0.4, 0.5) is 0 Å². The van der Waals surface area contributed by atoms with E-state index in [1.54, 1.807) is 0 Å². The predicted octanol–water partition coefficient (Wildman–Crippen LogP) is 21.0. The lowest BCUT2D eigenvalue weighted by molar-refractivity contribution is -0.167. The van der Waals surface area contributed by atoms with Crippen molar-refractivity contribution in [2.24, 2.45) is 0 Å². The van der Waals surface area contributed by atoms with Gasteiger partial charge in [-0.3, -0.25) is 14.4 Å². The molecule has 0 aliphatic carbocycles. The van der Waals surface area contributed by atoms with E-state index in [0.717, 1.165) is 96.3 Å². The molecule has 0 aromatic rings. The van der Waals surface area contributed by atoms with Crippen molar-refractivity contribution in [3.05, 3.63) is 48.6 Å². The molecule has 0 fully saturated rings. The minimum Gasteiger partial charge on any atom is -0.462 e. The summed E-state index contributed by atoms with van der Waals surface area (Å²) in [5, 5.41) is 0. The maximum Gasteiger partial charge on any atom is 0.306 e. The van der Waals surface area contributed by atoms with Crippen molar-refractivity contribution >= 4 is 17.9 Å². The zero-order chi connectivity index (χ0) is 51.4. The molecule has 6 nitrogen and oxygen atoms in total. The molecule has 1 unspecified atom stereocenters. The Hall–Kier alpha value is -2.63. The lowest BCUT2D eigenvalue weighted by Gasteiger charge is -2.18. The first-order chi connectivity index (χ1) is 35.0. The van der Waals surface area contributed by atoms with E-state index in [-0.39, 0.29) is 31.1 Å². The highest BCUT2D eigenvalue weighted by molar-refractivity contribution is 5.71. The van der Waals surface area contributed by atoms with E-state index < -0.39 is 6.10 Å². The number of allylic oxidation sites excluding steroid dienone is 8. The van der Waals surface area contributed by atoms with Crippen LogP contribution in [0, 0.1) is 0 Å². The number of hydrogen-bond acceptors (Lipinski definition) is 6. The molecule has 0 bridgehead atoms. The van der Waals surface area contributed by atoms with Crippen LogP contribution in [0.3, 0.4) is 0 Å². The van der Waals surface area contributed by atoms with Crippen LogP contribution in [-0.4, -0.2) is 37.2 Å². The summed E-state index contributed by atoms with van der Waals surface area (Å²) in [6.45, 7) is 6.55. The average molecular weight is 996 g/mol. The van der Waals surface area contributed by atoms with E-state index in [2.05, 4.69) is 69.4 Å². The van der Waals surface area contributed by atoms with Gasteiger partial charge in [-0.1, -0.05) is 268 Å². The molecular weight excluding hydrogens is 877 g/mol. The van der Waals surface area contributed by atoms with Crippen LogP contribution in [0.1, 0.15) is 329 Å². The van der Waals surface area contributed by atoms with Gasteiger partial charge in [0.1, 0.15) is 13.2 Å². The molecule has 71 heavy (non-hydrogen) atoms. The highest BCUT2D eigenvalue weighted by Crippen LogP contribution is 2.17. The highest BCUT2D eigenvalue weighted by atomic mass is 16.6. The van der Waals surface area contributed by atoms with Gasteiger partial charge in [0.25, 0.3) is 0 Å². The molecule has 0 aromatic heterocycles. The molecule has 0 spiro atoms. The number of hydrogen-bond donors (Lipinski definition) is 0. The van der Waals surface area contributed by atoms with Crippen molar-refractivity contribution in [3.8, 4) is 0 Å². The lowest BCUT2D eigenvalue weighted by atomic mass is 10.0. The summed E-state index contributed by atoms with van der Waals surface area (Å²) in [7, 11) is 0. The Kier molecular flexibility index (Phi) is 57.7. The lowest BCUT2D eigenvalue weighted by Crippen LogP contribution is -2.30. The Morgan fingerprint density at radius 1 is 0.282 bits per heavy atom. The van der Waals surface area contributed by atoms with Crippen molar-refractivity contribution < 1.29 is 28.6 Å². The maximum absolute atomic E-state index is 12.8. The number of carbonyl (C=O) groups excluding carboxylic acids is 3. The molecule has 0 aliphatic heterocycles. The SMILES string of the molecule is CCC/C=C\C/C=C\CCCCCCCC(=O)OC(COC(=O)CCCCCCC/C=C\CCCC)COC(=O)CCCCCCCCCCCCCCCCCCC/C=C\CCCCCCCCCC. The molecule has 0 saturated carbocycles. The molecular formula is C65H118O6. The van der Waals surface area contributed by atoms with Crippen molar-refractivity contribution in [3.63, 3.8) is 0 Å². The topological polar surface area (TPSA) is 78.9 Å². The predicted molar refractivity (Wildman–Crippen MR) is 307 cm³/mol.